The fourth-order valence-electron chi connectivity index (χ4n) is 11.6. The lowest BCUT2D eigenvalue weighted by Crippen LogP contribution is -2.59. The first-order valence-electron chi connectivity index (χ1n) is 24.9. The van der Waals surface area contributed by atoms with Crippen LogP contribution in [0.1, 0.15) is 52.7 Å². The first kappa shape index (κ1) is 41.6. The highest BCUT2D eigenvalue weighted by atomic mass is 15.1. The second-order valence-corrected chi connectivity index (χ2v) is 21.7. The van der Waals surface area contributed by atoms with Crippen LogP contribution < -0.4 is 16.4 Å². The molecular weight excluding hydrogens is 862 g/mol. The lowest BCUT2D eigenvalue weighted by molar-refractivity contribution is 0.591. The van der Waals surface area contributed by atoms with Crippen LogP contribution in [0, 0.1) is 0 Å². The van der Waals surface area contributed by atoms with Crippen LogP contribution in [0.2, 0.25) is 0 Å². The third kappa shape index (κ3) is 6.37. The number of benzene rings is 9. The lowest BCUT2D eigenvalue weighted by atomic mass is 9.34. The van der Waals surface area contributed by atoms with Crippen LogP contribution in [0.25, 0.3) is 111 Å². The van der Waals surface area contributed by atoms with Crippen LogP contribution in [0.5, 0.6) is 0 Å². The third-order valence-electron chi connectivity index (χ3n) is 15.2. The molecule has 0 bridgehead atoms. The Labute approximate surface area is 414 Å². The maximum Gasteiger partial charge on any atom is 0.252 e. The minimum absolute atomic E-state index is 0.0578. The van der Waals surface area contributed by atoms with E-state index in [4.69, 9.17) is 15.0 Å². The zero-order chi connectivity index (χ0) is 47.9. The van der Waals surface area contributed by atoms with Crippen LogP contribution in [0.15, 0.2) is 194 Å². The summed E-state index contributed by atoms with van der Waals surface area (Å²) >= 11 is 0. The zero-order valence-corrected chi connectivity index (χ0v) is 40.8. The van der Waals surface area contributed by atoms with E-state index in [2.05, 4.69) is 208 Å². The van der Waals surface area contributed by atoms with Crippen molar-refractivity contribution in [1.29, 1.82) is 0 Å². The summed E-state index contributed by atoms with van der Waals surface area (Å²) in [7, 11) is 0. The molecule has 12 aromatic rings. The molecule has 0 saturated heterocycles. The van der Waals surface area contributed by atoms with Crippen molar-refractivity contribution in [2.24, 2.45) is 0 Å². The summed E-state index contributed by atoms with van der Waals surface area (Å²) in [6, 6.07) is 71.2. The molecule has 0 aliphatic carbocycles. The van der Waals surface area contributed by atoms with E-state index in [0.717, 1.165) is 28.1 Å². The molecule has 2 aliphatic rings. The zero-order valence-electron chi connectivity index (χ0n) is 40.8. The number of fused-ring (bicyclic) bond motifs is 10. The van der Waals surface area contributed by atoms with Crippen molar-refractivity contribution in [3.05, 3.63) is 205 Å². The molecule has 0 fully saturated rings. The normalized spacial score (nSPS) is 12.9. The molecule has 0 saturated carbocycles. The van der Waals surface area contributed by atoms with E-state index in [0.29, 0.717) is 17.5 Å². The molecule has 0 amide bonds. The van der Waals surface area contributed by atoms with Crippen LogP contribution in [0.3, 0.4) is 0 Å². The van der Waals surface area contributed by atoms with Gasteiger partial charge in [0, 0.05) is 60.6 Å². The van der Waals surface area contributed by atoms with Crippen LogP contribution in [0.4, 0.5) is 0 Å². The van der Waals surface area contributed by atoms with Gasteiger partial charge in [0.2, 0.25) is 0 Å². The number of nitrogens with zero attached hydrogens (tertiary/aromatic N) is 5. The predicted octanol–water partition coefficient (Wildman–Crippen LogP) is 14.1. The largest absolute Gasteiger partial charge is 0.310 e. The Bertz CT molecular complexity index is 3900. The summed E-state index contributed by atoms with van der Waals surface area (Å²) < 4.78 is 5.15. The van der Waals surface area contributed by atoms with Gasteiger partial charge in [0.1, 0.15) is 0 Å². The Morgan fingerprint density at radius 3 is 1.08 bits per heavy atom. The van der Waals surface area contributed by atoms with E-state index in [9.17, 15) is 0 Å². The van der Waals surface area contributed by atoms with Crippen LogP contribution >= 0.6 is 0 Å². The summed E-state index contributed by atoms with van der Waals surface area (Å²) in [5.74, 6) is 1.92. The number of hydrogen-bond donors (Lipinski definition) is 0. The van der Waals surface area contributed by atoms with Crippen LogP contribution in [-0.2, 0) is 10.8 Å². The minimum Gasteiger partial charge on any atom is -0.310 e. The molecular formula is C65H50BN5. The van der Waals surface area contributed by atoms with Gasteiger partial charge in [0.15, 0.2) is 17.5 Å². The fraction of sp³-hybridized carbons (Fsp3) is 0.123. The van der Waals surface area contributed by atoms with E-state index >= 15 is 0 Å². The summed E-state index contributed by atoms with van der Waals surface area (Å²) in [6.07, 6.45) is 0. The van der Waals surface area contributed by atoms with Crippen molar-refractivity contribution < 1.29 is 0 Å². The molecule has 71 heavy (non-hydrogen) atoms. The maximum atomic E-state index is 5.37. The molecule has 0 atom stereocenters. The first-order valence-corrected chi connectivity index (χ1v) is 24.9. The van der Waals surface area contributed by atoms with Gasteiger partial charge in [-0.15, -0.1) is 0 Å². The van der Waals surface area contributed by atoms with Gasteiger partial charge in [0.05, 0.1) is 11.0 Å². The Hall–Kier alpha value is -8.35. The minimum atomic E-state index is -0.102. The van der Waals surface area contributed by atoms with Gasteiger partial charge >= 0.3 is 0 Å². The molecule has 0 unspecified atom stereocenters. The molecule has 3 aromatic heterocycles. The molecule has 5 nitrogen and oxygen atoms in total. The maximum absolute atomic E-state index is 5.37. The molecule has 9 aromatic carbocycles. The molecule has 0 spiro atoms. The van der Waals surface area contributed by atoms with Crippen molar-refractivity contribution in [3.63, 3.8) is 0 Å². The number of hydrogen-bond acceptors (Lipinski definition) is 3. The fourth-order valence-corrected chi connectivity index (χ4v) is 11.6. The summed E-state index contributed by atoms with van der Waals surface area (Å²) in [6.45, 7) is 14.1. The average molecular weight is 912 g/mol. The third-order valence-corrected chi connectivity index (χ3v) is 15.2. The van der Waals surface area contributed by atoms with Gasteiger partial charge < -0.3 is 9.13 Å². The standard InChI is InChI=1S/C65H50BN5/c1-64(2,3)46-35-50-48-31-43(39-19-11-7-12-20-39)27-29-54(48)70-56-33-45(63-68-61(41-23-15-9-16-24-41)67-62(69-63)42-25-17-10-18-26-42)34-57-58(56)66(52(37-46)59(50)70)53-38-47(65(4,5)6)36-51-49-32-44(40-21-13-8-14-22-40)28-30-55(49)71(57)60(51)53/h7-38H,1-6H3. The van der Waals surface area contributed by atoms with Crippen LogP contribution in [-0.4, -0.2) is 30.8 Å². The summed E-state index contributed by atoms with van der Waals surface area (Å²) in [4.78, 5) is 15.9. The molecule has 14 rings (SSSR count). The second-order valence-electron chi connectivity index (χ2n) is 21.7. The summed E-state index contributed by atoms with van der Waals surface area (Å²) in [5, 5.41) is 5.04. The molecule has 0 N–H and O–H groups in total. The summed E-state index contributed by atoms with van der Waals surface area (Å²) in [5.41, 5.74) is 21.3. The number of aromatic nitrogens is 5. The smallest absolute Gasteiger partial charge is 0.252 e. The number of rotatable bonds is 5. The van der Waals surface area contributed by atoms with Crippen molar-refractivity contribution in [2.75, 3.05) is 0 Å². The lowest BCUT2D eigenvalue weighted by Gasteiger charge is -2.35. The molecule has 6 heteroatoms. The monoisotopic (exact) mass is 911 g/mol. The predicted molar refractivity (Wildman–Crippen MR) is 298 cm³/mol. The highest BCUT2D eigenvalue weighted by Crippen LogP contribution is 2.44. The SMILES string of the molecule is CC(C)(C)c1cc2c3c(c1)c1cc(-c4ccccc4)ccc1n3-c1cc(-c3nc(-c4ccccc4)nc(-c4ccccc4)n3)cc3c1B2c1cc(C(C)(C)C)cc2c4cc(-c5ccccc5)ccc4n-3c12. The van der Waals surface area contributed by atoms with E-state index < -0.39 is 0 Å². The molecule has 5 heterocycles. The molecule has 2 aliphatic heterocycles. The van der Waals surface area contributed by atoms with E-state index in [1.54, 1.807) is 0 Å². The van der Waals surface area contributed by atoms with E-state index in [-0.39, 0.29) is 17.5 Å². The second kappa shape index (κ2) is 15.1. The Kier molecular flexibility index (Phi) is 8.84. The van der Waals surface area contributed by atoms with Crippen molar-refractivity contribution in [1.82, 2.24) is 24.1 Å². The van der Waals surface area contributed by atoms with Crippen molar-refractivity contribution in [2.45, 2.75) is 52.4 Å². The highest BCUT2D eigenvalue weighted by Gasteiger charge is 2.43. The Morgan fingerprint density at radius 2 is 0.704 bits per heavy atom. The van der Waals surface area contributed by atoms with E-state index in [1.165, 1.54) is 93.4 Å². The van der Waals surface area contributed by atoms with Gasteiger partial charge in [0.25, 0.3) is 6.71 Å². The van der Waals surface area contributed by atoms with Gasteiger partial charge in [-0.3, -0.25) is 0 Å². The van der Waals surface area contributed by atoms with Gasteiger partial charge in [-0.1, -0.05) is 187 Å². The first-order chi connectivity index (χ1) is 34.5. The Morgan fingerprint density at radius 1 is 0.338 bits per heavy atom. The Balaban J connectivity index is 1.16. The quantitative estimate of drug-likeness (QED) is 0.162. The molecule has 338 valence electrons. The molecule has 0 radical (unpaired) electrons. The van der Waals surface area contributed by atoms with Gasteiger partial charge in [-0.25, -0.2) is 15.0 Å². The average Bonchev–Trinajstić information content (AvgIpc) is 3.91. The van der Waals surface area contributed by atoms with Gasteiger partial charge in [-0.2, -0.15) is 0 Å². The topological polar surface area (TPSA) is 48.5 Å². The highest BCUT2D eigenvalue weighted by molar-refractivity contribution is 7.00. The van der Waals surface area contributed by atoms with Crippen molar-refractivity contribution >= 4 is 66.7 Å². The van der Waals surface area contributed by atoms with E-state index in [1.807, 2.05) is 36.4 Å². The van der Waals surface area contributed by atoms with Gasteiger partial charge in [-0.05, 0) is 109 Å². The van der Waals surface area contributed by atoms with Crippen molar-refractivity contribution in [3.8, 4) is 67.8 Å².